The minimum Gasteiger partial charge on any atom is -0.508 e. The second-order valence-electron chi connectivity index (χ2n) is 13.1. The molecule has 3 amide bonds. The van der Waals surface area contributed by atoms with Gasteiger partial charge in [-0.1, -0.05) is 18.2 Å². The Morgan fingerprint density at radius 2 is 1.73 bits per heavy atom. The van der Waals surface area contributed by atoms with Crippen LogP contribution in [0, 0.1) is 18.8 Å². The fraction of sp³-hybridized carbons (Fsp3) is 0.562. The highest BCUT2D eigenvalue weighted by Gasteiger charge is 2.75. The van der Waals surface area contributed by atoms with Crippen molar-refractivity contribution >= 4 is 11.9 Å². The quantitative estimate of drug-likeness (QED) is 0.476. The fourth-order valence-corrected chi connectivity index (χ4v) is 8.99. The molecular weight excluding hydrogens is 506 g/mol. The Kier molecular flexibility index (Phi) is 5.62. The number of amides is 3. The number of hydrogen-bond donors (Lipinski definition) is 3. The van der Waals surface area contributed by atoms with E-state index in [9.17, 15) is 24.9 Å². The second kappa shape index (κ2) is 8.70. The van der Waals surface area contributed by atoms with Gasteiger partial charge in [-0.2, -0.15) is 0 Å². The number of imide groups is 1. The van der Waals surface area contributed by atoms with Crippen LogP contribution in [0.5, 0.6) is 11.5 Å². The van der Waals surface area contributed by atoms with Crippen LogP contribution in [-0.2, 0) is 16.8 Å². The Hall–Kier alpha value is -3.10. The summed E-state index contributed by atoms with van der Waals surface area (Å²) in [5, 5.41) is 33.2. The highest BCUT2D eigenvalue weighted by Crippen LogP contribution is 2.66. The number of fused-ring (bicyclic) bond motifs is 3. The summed E-state index contributed by atoms with van der Waals surface area (Å²) in [7, 11) is 0. The van der Waals surface area contributed by atoms with E-state index in [4.69, 9.17) is 0 Å². The van der Waals surface area contributed by atoms with Crippen molar-refractivity contribution in [1.29, 1.82) is 0 Å². The topological polar surface area (TPSA) is 105 Å². The van der Waals surface area contributed by atoms with Crippen molar-refractivity contribution in [2.75, 3.05) is 19.6 Å². The van der Waals surface area contributed by atoms with Crippen molar-refractivity contribution in [3.8, 4) is 11.5 Å². The number of rotatable bonds is 6. The van der Waals surface area contributed by atoms with Crippen LogP contribution in [0.1, 0.15) is 62.1 Å². The average Bonchev–Trinajstić information content (AvgIpc) is 3.68. The van der Waals surface area contributed by atoms with Crippen molar-refractivity contribution in [2.24, 2.45) is 11.8 Å². The van der Waals surface area contributed by atoms with E-state index in [1.54, 1.807) is 41.3 Å². The molecule has 3 aliphatic carbocycles. The molecule has 2 heterocycles. The van der Waals surface area contributed by atoms with Crippen LogP contribution in [0.3, 0.4) is 0 Å². The summed E-state index contributed by atoms with van der Waals surface area (Å²) in [4.78, 5) is 33.8. The number of carbonyl (C=O) groups excluding carboxylic acids is 2. The molecular formula is C32H39N3O5. The first kappa shape index (κ1) is 25.8. The summed E-state index contributed by atoms with van der Waals surface area (Å²) >= 11 is 0. The lowest BCUT2D eigenvalue weighted by molar-refractivity contribution is -0.158. The largest absolute Gasteiger partial charge is 0.508 e. The van der Waals surface area contributed by atoms with Gasteiger partial charge in [-0.3, -0.25) is 14.6 Å². The molecule has 40 heavy (non-hydrogen) atoms. The molecule has 5 atom stereocenters. The van der Waals surface area contributed by atoms with Gasteiger partial charge in [-0.05, 0) is 105 Å². The maximum absolute atomic E-state index is 14.4. The minimum absolute atomic E-state index is 0.0302. The normalized spacial score (nSPS) is 35.3. The Morgan fingerprint density at radius 1 is 1.00 bits per heavy atom. The third kappa shape index (κ3) is 3.44. The molecule has 3 saturated carbocycles. The van der Waals surface area contributed by atoms with E-state index in [0.717, 1.165) is 42.1 Å². The van der Waals surface area contributed by atoms with Crippen LogP contribution in [-0.4, -0.2) is 78.8 Å². The number of aliphatic hydroxyl groups is 1. The summed E-state index contributed by atoms with van der Waals surface area (Å²) in [6.45, 7) is 6.43. The standard InChI is InChI=1S/C32H39N3O5/c1-3-35-29(39)34(17-22-7-10-24(36)11-8-22)28(38)31(35)12-13-32(40)27-23(18-33(27)16-21-5-6-21)15-30(32,19-31)26-14-25(37)9-4-20(26)2/h4,7-11,14,21,23,27,36-37,40H,3,5-6,12-13,15-19H2,1-2H3/t23?,27-,30-,31+,32-/m1/s1. The Labute approximate surface area is 235 Å². The third-order valence-electron chi connectivity index (χ3n) is 10.9. The molecule has 2 aromatic rings. The molecule has 8 heteroatoms. The predicted octanol–water partition coefficient (Wildman–Crippen LogP) is 3.90. The Bertz CT molecular complexity index is 1380. The number of urea groups is 1. The first-order valence-corrected chi connectivity index (χ1v) is 14.8. The van der Waals surface area contributed by atoms with E-state index < -0.39 is 16.6 Å². The van der Waals surface area contributed by atoms with Crippen LogP contribution < -0.4 is 0 Å². The summed E-state index contributed by atoms with van der Waals surface area (Å²) < 4.78 is 0. The highest BCUT2D eigenvalue weighted by molar-refractivity contribution is 6.07. The maximum Gasteiger partial charge on any atom is 0.327 e. The molecule has 2 aromatic carbocycles. The van der Waals surface area contributed by atoms with Gasteiger partial charge in [-0.25, -0.2) is 4.79 Å². The van der Waals surface area contributed by atoms with Gasteiger partial charge in [0.05, 0.1) is 12.1 Å². The van der Waals surface area contributed by atoms with Crippen molar-refractivity contribution in [1.82, 2.24) is 14.7 Å². The lowest BCUT2D eigenvalue weighted by atomic mass is 9.54. The van der Waals surface area contributed by atoms with E-state index in [0.29, 0.717) is 31.7 Å². The zero-order valence-electron chi connectivity index (χ0n) is 23.3. The van der Waals surface area contributed by atoms with Gasteiger partial charge in [0.15, 0.2) is 0 Å². The van der Waals surface area contributed by atoms with Gasteiger partial charge >= 0.3 is 6.03 Å². The van der Waals surface area contributed by atoms with E-state index >= 15 is 0 Å². The number of likely N-dealkylation sites (N-methyl/N-ethyl adjacent to an activating group) is 1. The van der Waals surface area contributed by atoms with Crippen LogP contribution >= 0.6 is 0 Å². The van der Waals surface area contributed by atoms with Gasteiger partial charge < -0.3 is 20.2 Å². The number of likely N-dealkylation sites (tertiary alicyclic amines) is 1. The van der Waals surface area contributed by atoms with E-state index in [2.05, 4.69) is 4.90 Å². The molecule has 2 aliphatic heterocycles. The SMILES string of the molecule is CCN1C(=O)N(Cc2ccc(O)cc2)C(=O)[C@@]12CC[C@@]1(O)[C@H]3C(CN3CC3CC3)C[C@]1(c1cc(O)ccc1C)C2. The zero-order valence-corrected chi connectivity index (χ0v) is 23.3. The van der Waals surface area contributed by atoms with Crippen LogP contribution in [0.2, 0.25) is 0 Å². The number of phenolic OH excluding ortho intramolecular Hbond substituents is 2. The summed E-state index contributed by atoms with van der Waals surface area (Å²) in [6, 6.07) is 11.7. The smallest absolute Gasteiger partial charge is 0.327 e. The number of aromatic hydroxyl groups is 2. The Balaban J connectivity index is 1.31. The van der Waals surface area contributed by atoms with Crippen molar-refractivity contribution in [3.05, 3.63) is 59.2 Å². The van der Waals surface area contributed by atoms with Gasteiger partial charge in [0.25, 0.3) is 5.91 Å². The molecule has 5 fully saturated rings. The summed E-state index contributed by atoms with van der Waals surface area (Å²) in [5.74, 6) is 1.11. The van der Waals surface area contributed by atoms with E-state index in [1.165, 1.54) is 17.7 Å². The number of benzene rings is 2. The number of phenols is 2. The molecule has 1 unspecified atom stereocenters. The summed E-state index contributed by atoms with van der Waals surface area (Å²) in [5.41, 5.74) is -0.209. The van der Waals surface area contributed by atoms with Gasteiger partial charge in [0.2, 0.25) is 0 Å². The second-order valence-corrected chi connectivity index (χ2v) is 13.1. The summed E-state index contributed by atoms with van der Waals surface area (Å²) in [6.07, 6.45) is 4.42. The van der Waals surface area contributed by atoms with Crippen LogP contribution in [0.15, 0.2) is 42.5 Å². The lowest BCUT2D eigenvalue weighted by Crippen LogP contribution is -2.70. The molecule has 0 aromatic heterocycles. The van der Waals surface area contributed by atoms with E-state index in [-0.39, 0.29) is 36.0 Å². The molecule has 8 nitrogen and oxygen atoms in total. The zero-order chi connectivity index (χ0) is 28.0. The minimum atomic E-state index is -1.06. The molecule has 0 bridgehead atoms. The lowest BCUT2D eigenvalue weighted by Gasteiger charge is -2.58. The van der Waals surface area contributed by atoms with Crippen molar-refractivity contribution < 1.29 is 24.9 Å². The van der Waals surface area contributed by atoms with Gasteiger partial charge in [0.1, 0.15) is 17.0 Å². The van der Waals surface area contributed by atoms with Gasteiger partial charge in [-0.15, -0.1) is 0 Å². The number of carbonyl (C=O) groups is 2. The molecule has 7 rings (SSSR count). The Morgan fingerprint density at radius 3 is 2.42 bits per heavy atom. The first-order valence-electron chi connectivity index (χ1n) is 14.8. The molecule has 212 valence electrons. The number of hydrogen-bond acceptors (Lipinski definition) is 6. The van der Waals surface area contributed by atoms with Crippen molar-refractivity contribution in [3.63, 3.8) is 0 Å². The molecule has 5 aliphatic rings. The number of nitrogens with zero attached hydrogens (tertiary/aromatic N) is 3. The van der Waals surface area contributed by atoms with Gasteiger partial charge in [0, 0.05) is 31.1 Å². The molecule has 0 radical (unpaired) electrons. The molecule has 1 spiro atoms. The first-order chi connectivity index (χ1) is 19.1. The predicted molar refractivity (Wildman–Crippen MR) is 149 cm³/mol. The maximum atomic E-state index is 14.4. The third-order valence-corrected chi connectivity index (χ3v) is 10.9. The fourth-order valence-electron chi connectivity index (χ4n) is 8.99. The highest BCUT2D eigenvalue weighted by atomic mass is 16.3. The monoisotopic (exact) mass is 545 g/mol. The van der Waals surface area contributed by atoms with Crippen molar-refractivity contribution in [2.45, 2.75) is 81.5 Å². The van der Waals surface area contributed by atoms with Crippen LogP contribution in [0.25, 0.3) is 0 Å². The number of aryl methyl sites for hydroxylation is 1. The average molecular weight is 546 g/mol. The van der Waals surface area contributed by atoms with E-state index in [1.807, 2.05) is 19.9 Å². The molecule has 2 saturated heterocycles. The van der Waals surface area contributed by atoms with Crippen LogP contribution in [0.4, 0.5) is 4.79 Å². The molecule has 3 N–H and O–H groups in total.